The minimum absolute atomic E-state index is 0.205. The summed E-state index contributed by atoms with van der Waals surface area (Å²) in [6.45, 7) is 3.01. The molecule has 1 aromatic carbocycles. The van der Waals surface area contributed by atoms with Gasteiger partial charge >= 0.3 is 0 Å². The second kappa shape index (κ2) is 6.53. The highest BCUT2D eigenvalue weighted by molar-refractivity contribution is 6.31. The molecule has 1 aromatic heterocycles. The zero-order valence-corrected chi connectivity index (χ0v) is 11.2. The molecular formula is C15H17ClN2. The zero-order chi connectivity index (χ0) is 12.8. The van der Waals surface area contributed by atoms with E-state index in [-0.39, 0.29) is 6.04 Å². The van der Waals surface area contributed by atoms with E-state index in [9.17, 15) is 0 Å². The number of likely N-dealkylation sites (N-methyl/N-ethyl adjacent to an activating group) is 1. The van der Waals surface area contributed by atoms with Crippen LogP contribution in [0.5, 0.6) is 0 Å². The number of aromatic nitrogens is 1. The van der Waals surface area contributed by atoms with Crippen LogP contribution in [0.2, 0.25) is 5.02 Å². The molecule has 1 heterocycles. The number of rotatable bonds is 5. The molecule has 0 bridgehead atoms. The Balaban J connectivity index is 2.19. The van der Waals surface area contributed by atoms with Crippen molar-refractivity contribution in [1.29, 1.82) is 0 Å². The molecule has 3 heteroatoms. The smallest absolute Gasteiger partial charge is 0.0576 e. The summed E-state index contributed by atoms with van der Waals surface area (Å²) >= 11 is 6.21. The summed E-state index contributed by atoms with van der Waals surface area (Å²) in [4.78, 5) is 4.42. The number of pyridine rings is 1. The van der Waals surface area contributed by atoms with E-state index in [1.54, 1.807) is 0 Å². The average Bonchev–Trinajstić information content (AvgIpc) is 2.42. The number of nitrogens with zero attached hydrogens (tertiary/aromatic N) is 1. The first-order valence-electron chi connectivity index (χ1n) is 6.19. The lowest BCUT2D eigenvalue weighted by Crippen LogP contribution is -2.23. The predicted molar refractivity (Wildman–Crippen MR) is 75.8 cm³/mol. The second-order valence-corrected chi connectivity index (χ2v) is 4.57. The summed E-state index contributed by atoms with van der Waals surface area (Å²) in [5.41, 5.74) is 2.20. The topological polar surface area (TPSA) is 24.9 Å². The molecular weight excluding hydrogens is 244 g/mol. The first-order chi connectivity index (χ1) is 8.81. The van der Waals surface area contributed by atoms with Crippen molar-refractivity contribution in [2.75, 3.05) is 6.54 Å². The van der Waals surface area contributed by atoms with E-state index in [4.69, 9.17) is 11.6 Å². The number of halogens is 1. The predicted octanol–water partition coefficient (Wildman–Crippen LogP) is 3.63. The van der Waals surface area contributed by atoms with E-state index < -0.39 is 0 Å². The van der Waals surface area contributed by atoms with E-state index in [0.717, 1.165) is 29.2 Å². The Bertz CT molecular complexity index is 485. The van der Waals surface area contributed by atoms with Crippen molar-refractivity contribution < 1.29 is 0 Å². The minimum atomic E-state index is 0.205. The van der Waals surface area contributed by atoms with Crippen LogP contribution in [-0.4, -0.2) is 11.5 Å². The van der Waals surface area contributed by atoms with Crippen LogP contribution >= 0.6 is 11.6 Å². The lowest BCUT2D eigenvalue weighted by molar-refractivity contribution is 0.537. The molecule has 0 aliphatic rings. The Labute approximate surface area is 113 Å². The molecule has 18 heavy (non-hydrogen) atoms. The van der Waals surface area contributed by atoms with Crippen molar-refractivity contribution in [2.45, 2.75) is 19.4 Å². The van der Waals surface area contributed by atoms with Gasteiger partial charge < -0.3 is 5.32 Å². The van der Waals surface area contributed by atoms with Crippen molar-refractivity contribution in [1.82, 2.24) is 10.3 Å². The fourth-order valence-corrected chi connectivity index (χ4v) is 2.21. The van der Waals surface area contributed by atoms with Gasteiger partial charge in [-0.25, -0.2) is 0 Å². The van der Waals surface area contributed by atoms with Crippen LogP contribution in [0.1, 0.15) is 24.2 Å². The van der Waals surface area contributed by atoms with Gasteiger partial charge in [0.25, 0.3) is 0 Å². The number of benzene rings is 1. The maximum absolute atomic E-state index is 6.21. The van der Waals surface area contributed by atoms with Crippen LogP contribution in [0.25, 0.3) is 0 Å². The molecule has 0 aliphatic heterocycles. The molecule has 94 valence electrons. The fraction of sp³-hybridized carbons (Fsp3) is 0.267. The molecule has 0 fully saturated rings. The standard InChI is InChI=1S/C15H17ClN2/c1-2-17-15(14-9-5-6-10-18-14)11-12-7-3-4-8-13(12)16/h3-10,15,17H,2,11H2,1H3. The van der Waals surface area contributed by atoms with E-state index in [1.807, 2.05) is 42.6 Å². The van der Waals surface area contributed by atoms with E-state index in [1.165, 1.54) is 0 Å². The van der Waals surface area contributed by atoms with Gasteiger partial charge in [-0.2, -0.15) is 0 Å². The summed E-state index contributed by atoms with van der Waals surface area (Å²) in [5, 5.41) is 4.27. The van der Waals surface area contributed by atoms with Crippen molar-refractivity contribution >= 4 is 11.6 Å². The van der Waals surface area contributed by atoms with Gasteiger partial charge in [-0.3, -0.25) is 4.98 Å². The zero-order valence-electron chi connectivity index (χ0n) is 10.4. The maximum atomic E-state index is 6.21. The van der Waals surface area contributed by atoms with Gasteiger partial charge in [0.1, 0.15) is 0 Å². The molecule has 2 rings (SSSR count). The Kier molecular flexibility index (Phi) is 4.73. The molecule has 1 N–H and O–H groups in total. The van der Waals surface area contributed by atoms with Gasteiger partial charge in [0.2, 0.25) is 0 Å². The average molecular weight is 261 g/mol. The normalized spacial score (nSPS) is 12.3. The molecule has 2 nitrogen and oxygen atoms in total. The SMILES string of the molecule is CCNC(Cc1ccccc1Cl)c1ccccn1. The van der Waals surface area contributed by atoms with Crippen LogP contribution < -0.4 is 5.32 Å². The number of hydrogen-bond acceptors (Lipinski definition) is 2. The summed E-state index contributed by atoms with van der Waals surface area (Å²) < 4.78 is 0. The van der Waals surface area contributed by atoms with E-state index >= 15 is 0 Å². The number of nitrogens with one attached hydrogen (secondary N) is 1. The quantitative estimate of drug-likeness (QED) is 0.888. The van der Waals surface area contributed by atoms with Crippen LogP contribution in [0.3, 0.4) is 0 Å². The molecule has 0 saturated heterocycles. The Morgan fingerprint density at radius 3 is 2.61 bits per heavy atom. The van der Waals surface area contributed by atoms with Crippen LogP contribution in [0.4, 0.5) is 0 Å². The number of hydrogen-bond donors (Lipinski definition) is 1. The molecule has 0 saturated carbocycles. The Hall–Kier alpha value is -1.38. The largest absolute Gasteiger partial charge is 0.309 e. The third-order valence-corrected chi connectivity index (χ3v) is 3.25. The van der Waals surface area contributed by atoms with Gasteiger partial charge in [0.05, 0.1) is 11.7 Å². The van der Waals surface area contributed by atoms with Gasteiger partial charge in [0.15, 0.2) is 0 Å². The molecule has 2 aromatic rings. The molecule has 0 radical (unpaired) electrons. The van der Waals surface area contributed by atoms with Crippen molar-refractivity contribution in [3.8, 4) is 0 Å². The van der Waals surface area contributed by atoms with E-state index in [0.29, 0.717) is 0 Å². The van der Waals surface area contributed by atoms with Crippen LogP contribution in [-0.2, 0) is 6.42 Å². The highest BCUT2D eigenvalue weighted by Crippen LogP contribution is 2.22. The highest BCUT2D eigenvalue weighted by atomic mass is 35.5. The Morgan fingerprint density at radius 2 is 1.94 bits per heavy atom. The van der Waals surface area contributed by atoms with Crippen molar-refractivity contribution in [3.63, 3.8) is 0 Å². The van der Waals surface area contributed by atoms with Gasteiger partial charge in [0, 0.05) is 11.2 Å². The van der Waals surface area contributed by atoms with E-state index in [2.05, 4.69) is 23.3 Å². The summed E-state index contributed by atoms with van der Waals surface area (Å²) in [7, 11) is 0. The molecule has 0 aliphatic carbocycles. The summed E-state index contributed by atoms with van der Waals surface area (Å²) in [6.07, 6.45) is 2.68. The van der Waals surface area contributed by atoms with Crippen LogP contribution in [0, 0.1) is 0 Å². The maximum Gasteiger partial charge on any atom is 0.0576 e. The van der Waals surface area contributed by atoms with Crippen LogP contribution in [0.15, 0.2) is 48.7 Å². The van der Waals surface area contributed by atoms with Gasteiger partial charge in [-0.15, -0.1) is 0 Å². The minimum Gasteiger partial charge on any atom is -0.309 e. The molecule has 0 spiro atoms. The lowest BCUT2D eigenvalue weighted by Gasteiger charge is -2.18. The third kappa shape index (κ3) is 3.31. The summed E-state index contributed by atoms with van der Waals surface area (Å²) in [5.74, 6) is 0. The summed E-state index contributed by atoms with van der Waals surface area (Å²) in [6, 6.07) is 14.2. The van der Waals surface area contributed by atoms with Gasteiger partial charge in [-0.05, 0) is 36.7 Å². The van der Waals surface area contributed by atoms with Gasteiger partial charge in [-0.1, -0.05) is 42.8 Å². The Morgan fingerprint density at radius 1 is 1.17 bits per heavy atom. The monoisotopic (exact) mass is 260 g/mol. The second-order valence-electron chi connectivity index (χ2n) is 4.16. The lowest BCUT2D eigenvalue weighted by atomic mass is 10.0. The fourth-order valence-electron chi connectivity index (χ4n) is 1.99. The third-order valence-electron chi connectivity index (χ3n) is 2.88. The first-order valence-corrected chi connectivity index (χ1v) is 6.56. The van der Waals surface area contributed by atoms with Crippen molar-refractivity contribution in [2.24, 2.45) is 0 Å². The highest BCUT2D eigenvalue weighted by Gasteiger charge is 2.13. The first kappa shape index (κ1) is 13.1. The molecule has 1 atom stereocenters. The molecule has 1 unspecified atom stereocenters. The molecule has 0 amide bonds. The van der Waals surface area contributed by atoms with Crippen molar-refractivity contribution in [3.05, 3.63) is 64.9 Å².